The van der Waals surface area contributed by atoms with Gasteiger partial charge in [-0.2, -0.15) is 0 Å². The van der Waals surface area contributed by atoms with Crippen LogP contribution in [0.3, 0.4) is 0 Å². The molecule has 3 aliphatic carbocycles. The zero-order chi connectivity index (χ0) is 27.7. The summed E-state index contributed by atoms with van der Waals surface area (Å²) >= 11 is 7.13. The molecule has 2 aromatic rings. The van der Waals surface area contributed by atoms with Crippen molar-refractivity contribution in [3.63, 3.8) is 0 Å². The predicted octanol–water partition coefficient (Wildman–Crippen LogP) is 6.96. The number of benzene rings is 1. The molecule has 6 nitrogen and oxygen atoms in total. The lowest BCUT2D eigenvalue weighted by atomic mass is 9.87. The topological polar surface area (TPSA) is 91.6 Å². The Hall–Kier alpha value is -2.31. The van der Waals surface area contributed by atoms with Crippen molar-refractivity contribution in [1.29, 1.82) is 0 Å². The third-order valence-electron chi connectivity index (χ3n) is 8.91. The number of hydrogen-bond acceptors (Lipinski definition) is 3. The molecule has 3 aliphatic rings. The second-order valence-corrected chi connectivity index (χ2v) is 12.7. The summed E-state index contributed by atoms with van der Waals surface area (Å²) in [4.78, 5) is 21.8. The molecule has 1 amide bonds. The molecule has 38 heavy (non-hydrogen) atoms. The number of aromatic nitrogens is 1. The molecule has 7 heteroatoms. The molecule has 0 saturated heterocycles. The predicted molar refractivity (Wildman–Crippen MR) is 152 cm³/mol. The van der Waals surface area contributed by atoms with E-state index < -0.39 is 5.60 Å². The van der Waals surface area contributed by atoms with Gasteiger partial charge in [0.15, 0.2) is 0 Å². The van der Waals surface area contributed by atoms with E-state index in [0.29, 0.717) is 16.5 Å². The van der Waals surface area contributed by atoms with Gasteiger partial charge in [-0.15, -0.1) is 0 Å². The number of rotatable bonds is 7. The first-order chi connectivity index (χ1) is 18.0. The Kier molecular flexibility index (Phi) is 8.63. The van der Waals surface area contributed by atoms with Gasteiger partial charge in [0.25, 0.3) is 12.4 Å². The molecule has 3 saturated carbocycles. The van der Waals surface area contributed by atoms with Crippen LogP contribution >= 0.6 is 11.6 Å². The third kappa shape index (κ3) is 6.12. The van der Waals surface area contributed by atoms with Crippen LogP contribution in [-0.2, 0) is 22.4 Å². The van der Waals surface area contributed by atoms with Crippen LogP contribution in [0.1, 0.15) is 112 Å². The zero-order valence-electron chi connectivity index (χ0n) is 23.3. The van der Waals surface area contributed by atoms with Crippen LogP contribution in [0.2, 0.25) is 5.02 Å². The molecule has 5 rings (SSSR count). The highest BCUT2D eigenvalue weighted by Crippen LogP contribution is 2.50. The van der Waals surface area contributed by atoms with E-state index in [4.69, 9.17) is 21.5 Å². The lowest BCUT2D eigenvalue weighted by Gasteiger charge is -2.26. The van der Waals surface area contributed by atoms with E-state index in [1.807, 2.05) is 13.8 Å². The molecule has 1 aromatic carbocycles. The number of hydrogen-bond donors (Lipinski definition) is 3. The summed E-state index contributed by atoms with van der Waals surface area (Å²) in [5, 5.41) is 21.6. The minimum Gasteiger partial charge on any atom is -0.483 e. The van der Waals surface area contributed by atoms with Gasteiger partial charge < -0.3 is 20.1 Å². The molecule has 0 aliphatic heterocycles. The maximum Gasteiger partial charge on any atom is 0.290 e. The highest BCUT2D eigenvalue weighted by Gasteiger charge is 2.40. The van der Waals surface area contributed by atoms with E-state index in [1.165, 1.54) is 44.1 Å². The SMILES string of the molecule is Cc1c(C(=O)NC2CCC2)c(Cl)c(-c2cc(C(C)(C)O)cc(C3(C)CC3)c2)n1CC1CCCCC1.O=CO. The average Bonchev–Trinajstić information content (AvgIpc) is 3.54. The third-order valence-corrected chi connectivity index (χ3v) is 9.27. The van der Waals surface area contributed by atoms with Gasteiger partial charge in [-0.25, -0.2) is 0 Å². The van der Waals surface area contributed by atoms with Crippen LogP contribution in [0.5, 0.6) is 0 Å². The maximum absolute atomic E-state index is 13.4. The van der Waals surface area contributed by atoms with Crippen LogP contribution in [0.4, 0.5) is 0 Å². The smallest absolute Gasteiger partial charge is 0.290 e. The van der Waals surface area contributed by atoms with Crippen LogP contribution in [-0.4, -0.2) is 33.2 Å². The summed E-state index contributed by atoms with van der Waals surface area (Å²) in [6.45, 7) is 8.67. The molecular formula is C31H43ClN2O4. The van der Waals surface area contributed by atoms with Gasteiger partial charge in [0.05, 0.1) is 21.9 Å². The van der Waals surface area contributed by atoms with Gasteiger partial charge in [0.1, 0.15) is 0 Å². The van der Waals surface area contributed by atoms with Gasteiger partial charge in [-0.1, -0.05) is 43.9 Å². The normalized spacial score (nSPS) is 19.2. The lowest BCUT2D eigenvalue weighted by Crippen LogP contribution is -2.39. The Morgan fingerprint density at radius 1 is 1.13 bits per heavy atom. The standard InChI is InChI=1S/C30H41ClN2O2.CH2O2/c1-19-25(28(34)32-24-11-8-12-24)26(31)27(33(19)18-20-9-6-5-7-10-20)21-15-22(29(2,3)35)17-23(16-21)30(4)13-14-30;2-1-3/h15-17,20,24,35H,5-14,18H2,1-4H3,(H,32,34);1H,(H,2,3). The van der Waals surface area contributed by atoms with E-state index in [-0.39, 0.29) is 23.8 Å². The Bertz CT molecular complexity index is 1140. The Morgan fingerprint density at radius 3 is 2.29 bits per heavy atom. The van der Waals surface area contributed by atoms with Gasteiger partial charge in [-0.05, 0) is 100 Å². The van der Waals surface area contributed by atoms with E-state index in [9.17, 15) is 9.90 Å². The summed E-state index contributed by atoms with van der Waals surface area (Å²) in [5.74, 6) is 0.555. The average molecular weight is 543 g/mol. The van der Waals surface area contributed by atoms with Crippen molar-refractivity contribution in [3.8, 4) is 11.3 Å². The molecule has 0 radical (unpaired) electrons. The fourth-order valence-corrected chi connectivity index (χ4v) is 6.29. The van der Waals surface area contributed by atoms with Gasteiger partial charge in [0, 0.05) is 23.8 Å². The van der Waals surface area contributed by atoms with E-state index in [0.717, 1.165) is 54.7 Å². The molecule has 1 aromatic heterocycles. The minimum absolute atomic E-state index is 0.0473. The summed E-state index contributed by atoms with van der Waals surface area (Å²) in [6.07, 6.45) is 11.9. The highest BCUT2D eigenvalue weighted by atomic mass is 35.5. The number of nitrogens with one attached hydrogen (secondary N) is 1. The van der Waals surface area contributed by atoms with Gasteiger partial charge in [-0.3, -0.25) is 9.59 Å². The number of carboxylic acid groups (broad SMARTS) is 1. The number of amides is 1. The van der Waals surface area contributed by atoms with Crippen molar-refractivity contribution in [2.24, 2.45) is 5.92 Å². The van der Waals surface area contributed by atoms with Crippen molar-refractivity contribution < 1.29 is 19.8 Å². The van der Waals surface area contributed by atoms with Crippen LogP contribution in [0.15, 0.2) is 18.2 Å². The quantitative estimate of drug-likeness (QED) is 0.330. The number of halogens is 1. The first kappa shape index (κ1) is 28.7. The van der Waals surface area contributed by atoms with E-state index in [1.54, 1.807) is 0 Å². The monoisotopic (exact) mass is 542 g/mol. The Morgan fingerprint density at radius 2 is 1.76 bits per heavy atom. The molecule has 1 heterocycles. The fourth-order valence-electron chi connectivity index (χ4n) is 5.85. The largest absolute Gasteiger partial charge is 0.483 e. The lowest BCUT2D eigenvalue weighted by molar-refractivity contribution is -0.122. The van der Waals surface area contributed by atoms with Gasteiger partial charge in [0.2, 0.25) is 0 Å². The van der Waals surface area contributed by atoms with Crippen molar-refractivity contribution in [2.75, 3.05) is 0 Å². The molecule has 3 fully saturated rings. The summed E-state index contributed by atoms with van der Waals surface area (Å²) in [7, 11) is 0. The van der Waals surface area contributed by atoms with Crippen LogP contribution in [0, 0.1) is 12.8 Å². The van der Waals surface area contributed by atoms with E-state index >= 15 is 0 Å². The minimum atomic E-state index is -0.956. The first-order valence-electron chi connectivity index (χ1n) is 14.1. The Labute approximate surface area is 231 Å². The Balaban J connectivity index is 0.00000107. The highest BCUT2D eigenvalue weighted by molar-refractivity contribution is 6.36. The molecule has 208 valence electrons. The van der Waals surface area contributed by atoms with Crippen molar-refractivity contribution in [2.45, 2.75) is 116 Å². The molecule has 0 spiro atoms. The zero-order valence-corrected chi connectivity index (χ0v) is 24.0. The maximum atomic E-state index is 13.4. The number of aliphatic hydroxyl groups is 1. The molecule has 3 N–H and O–H groups in total. The van der Waals surface area contributed by atoms with Crippen molar-refractivity contribution in [3.05, 3.63) is 45.6 Å². The van der Waals surface area contributed by atoms with Gasteiger partial charge >= 0.3 is 0 Å². The van der Waals surface area contributed by atoms with E-state index in [2.05, 4.69) is 41.9 Å². The van der Waals surface area contributed by atoms with Crippen molar-refractivity contribution >= 4 is 24.0 Å². The summed E-state index contributed by atoms with van der Waals surface area (Å²) < 4.78 is 2.32. The first-order valence-corrected chi connectivity index (χ1v) is 14.5. The number of carbonyl (C=O) groups is 2. The molecule has 0 atom stereocenters. The second kappa shape index (κ2) is 11.4. The van der Waals surface area contributed by atoms with Crippen molar-refractivity contribution in [1.82, 2.24) is 9.88 Å². The number of carbonyl (C=O) groups excluding carboxylic acids is 1. The fraction of sp³-hybridized carbons (Fsp3) is 0.613. The summed E-state index contributed by atoms with van der Waals surface area (Å²) in [6, 6.07) is 6.77. The summed E-state index contributed by atoms with van der Waals surface area (Å²) in [5.41, 5.74) is 4.89. The van der Waals surface area contributed by atoms with Crippen LogP contribution < -0.4 is 5.32 Å². The second-order valence-electron chi connectivity index (χ2n) is 12.4. The number of nitrogens with zero attached hydrogens (tertiary/aromatic N) is 1. The molecule has 0 bridgehead atoms. The molecule has 0 unspecified atom stereocenters. The molecular weight excluding hydrogens is 500 g/mol. The van der Waals surface area contributed by atoms with Crippen LogP contribution in [0.25, 0.3) is 11.3 Å².